The number of methoxy groups -OCH3 is 1. The number of rotatable bonds is 3. The van der Waals surface area contributed by atoms with Crippen molar-refractivity contribution < 1.29 is 9.53 Å². The Morgan fingerprint density at radius 3 is 2.86 bits per heavy atom. The normalized spacial score (nSPS) is 32.6. The van der Waals surface area contributed by atoms with Crippen LogP contribution in [-0.2, 0) is 9.53 Å². The Bertz CT molecular complexity index is 213. The molecule has 2 fully saturated rings. The summed E-state index contributed by atoms with van der Waals surface area (Å²) in [5.41, 5.74) is 0. The number of carbonyl (C=O) groups is 1. The van der Waals surface area contributed by atoms with Gasteiger partial charge in [-0.05, 0) is 31.2 Å². The molecule has 0 radical (unpaired) electrons. The number of piperidine rings is 1. The van der Waals surface area contributed by atoms with E-state index in [2.05, 4.69) is 5.32 Å². The fraction of sp³-hybridized carbons (Fsp3) is 0.909. The minimum atomic E-state index is -0.0251. The van der Waals surface area contributed by atoms with E-state index in [1.165, 1.54) is 26.4 Å². The minimum Gasteiger partial charge on any atom is -0.469 e. The predicted molar refractivity (Wildman–Crippen MR) is 53.8 cm³/mol. The Hall–Kier alpha value is -0.570. The lowest BCUT2D eigenvalue weighted by Gasteiger charge is -2.30. The molecule has 1 N–H and O–H groups in total. The molecule has 2 atom stereocenters. The molecule has 1 aliphatic heterocycles. The first-order chi connectivity index (χ1) is 6.81. The van der Waals surface area contributed by atoms with Crippen LogP contribution in [0.3, 0.4) is 0 Å². The predicted octanol–water partition coefficient (Wildman–Crippen LogP) is 1.19. The molecule has 0 aromatic rings. The molecule has 1 heterocycles. The second-order valence-electron chi connectivity index (χ2n) is 4.56. The van der Waals surface area contributed by atoms with Crippen molar-refractivity contribution in [3.05, 3.63) is 0 Å². The SMILES string of the molecule is COC(=O)[C@@H]1CNCC[C@@H]1CC1CC1. The lowest BCUT2D eigenvalue weighted by Crippen LogP contribution is -2.41. The van der Waals surface area contributed by atoms with Gasteiger partial charge in [0.1, 0.15) is 0 Å². The van der Waals surface area contributed by atoms with Gasteiger partial charge < -0.3 is 10.1 Å². The molecular formula is C11H19NO2. The standard InChI is InChI=1S/C11H19NO2/c1-14-11(13)10-7-12-5-4-9(10)6-8-2-3-8/h8-10,12H,2-7H2,1H3/t9-,10-/m1/s1. The Labute approximate surface area is 85.2 Å². The van der Waals surface area contributed by atoms with E-state index in [-0.39, 0.29) is 11.9 Å². The molecule has 2 aliphatic rings. The van der Waals surface area contributed by atoms with Gasteiger partial charge in [-0.15, -0.1) is 0 Å². The van der Waals surface area contributed by atoms with Crippen LogP contribution >= 0.6 is 0 Å². The summed E-state index contributed by atoms with van der Waals surface area (Å²) < 4.78 is 4.84. The molecule has 2 rings (SSSR count). The van der Waals surface area contributed by atoms with Gasteiger partial charge in [0.25, 0.3) is 0 Å². The quantitative estimate of drug-likeness (QED) is 0.691. The van der Waals surface area contributed by atoms with E-state index in [0.717, 1.165) is 25.4 Å². The maximum absolute atomic E-state index is 11.5. The molecule has 0 amide bonds. The molecule has 0 unspecified atom stereocenters. The van der Waals surface area contributed by atoms with Gasteiger partial charge in [0, 0.05) is 6.54 Å². The average molecular weight is 197 g/mol. The molecule has 1 saturated carbocycles. The van der Waals surface area contributed by atoms with Crippen molar-refractivity contribution in [3.8, 4) is 0 Å². The third-order valence-corrected chi connectivity index (χ3v) is 3.46. The molecule has 0 spiro atoms. The van der Waals surface area contributed by atoms with Crippen molar-refractivity contribution in [2.24, 2.45) is 17.8 Å². The second kappa shape index (κ2) is 4.30. The van der Waals surface area contributed by atoms with E-state index in [0.29, 0.717) is 5.92 Å². The number of carbonyl (C=O) groups excluding carboxylic acids is 1. The van der Waals surface area contributed by atoms with Gasteiger partial charge in [0.2, 0.25) is 0 Å². The van der Waals surface area contributed by atoms with Gasteiger partial charge in [-0.1, -0.05) is 12.8 Å². The summed E-state index contributed by atoms with van der Waals surface area (Å²) in [5, 5.41) is 3.27. The van der Waals surface area contributed by atoms with Crippen LogP contribution in [0.5, 0.6) is 0 Å². The molecule has 0 bridgehead atoms. The van der Waals surface area contributed by atoms with Crippen molar-refractivity contribution >= 4 is 5.97 Å². The Balaban J connectivity index is 1.91. The van der Waals surface area contributed by atoms with E-state index in [1.54, 1.807) is 0 Å². The second-order valence-corrected chi connectivity index (χ2v) is 4.56. The fourth-order valence-electron chi connectivity index (χ4n) is 2.40. The number of hydrogen-bond donors (Lipinski definition) is 1. The highest BCUT2D eigenvalue weighted by molar-refractivity contribution is 5.73. The minimum absolute atomic E-state index is 0.0251. The van der Waals surface area contributed by atoms with E-state index in [4.69, 9.17) is 4.74 Å². The van der Waals surface area contributed by atoms with Gasteiger partial charge >= 0.3 is 5.97 Å². The Morgan fingerprint density at radius 2 is 2.21 bits per heavy atom. The highest BCUT2D eigenvalue weighted by Crippen LogP contribution is 2.39. The van der Waals surface area contributed by atoms with Crippen LogP contribution in [0.15, 0.2) is 0 Å². The number of hydrogen-bond acceptors (Lipinski definition) is 3. The summed E-state index contributed by atoms with van der Waals surface area (Å²) in [6.45, 7) is 1.87. The number of ether oxygens (including phenoxy) is 1. The molecule has 1 saturated heterocycles. The number of nitrogens with one attached hydrogen (secondary N) is 1. The van der Waals surface area contributed by atoms with Gasteiger partial charge in [0.05, 0.1) is 13.0 Å². The lowest BCUT2D eigenvalue weighted by molar-refractivity contribution is -0.148. The number of esters is 1. The van der Waals surface area contributed by atoms with Crippen LogP contribution in [0.4, 0.5) is 0 Å². The lowest BCUT2D eigenvalue weighted by atomic mass is 9.82. The topological polar surface area (TPSA) is 38.3 Å². The van der Waals surface area contributed by atoms with E-state index < -0.39 is 0 Å². The van der Waals surface area contributed by atoms with Gasteiger partial charge in [0.15, 0.2) is 0 Å². The third-order valence-electron chi connectivity index (χ3n) is 3.46. The maximum atomic E-state index is 11.5. The zero-order chi connectivity index (χ0) is 9.97. The summed E-state index contributed by atoms with van der Waals surface area (Å²) in [7, 11) is 1.49. The zero-order valence-electron chi connectivity index (χ0n) is 8.79. The van der Waals surface area contributed by atoms with Crippen molar-refractivity contribution in [2.75, 3.05) is 20.2 Å². The Kier molecular flexibility index (Phi) is 3.06. The van der Waals surface area contributed by atoms with Gasteiger partial charge in [-0.25, -0.2) is 0 Å². The monoisotopic (exact) mass is 197 g/mol. The highest BCUT2D eigenvalue weighted by Gasteiger charge is 2.35. The zero-order valence-corrected chi connectivity index (χ0v) is 8.79. The Morgan fingerprint density at radius 1 is 1.43 bits per heavy atom. The molecule has 14 heavy (non-hydrogen) atoms. The van der Waals surface area contributed by atoms with E-state index >= 15 is 0 Å². The summed E-state index contributed by atoms with van der Waals surface area (Å²) >= 11 is 0. The van der Waals surface area contributed by atoms with Crippen LogP contribution in [0.1, 0.15) is 25.7 Å². The fourth-order valence-corrected chi connectivity index (χ4v) is 2.40. The van der Waals surface area contributed by atoms with Crippen LogP contribution in [-0.4, -0.2) is 26.2 Å². The molecule has 3 nitrogen and oxygen atoms in total. The van der Waals surface area contributed by atoms with Gasteiger partial charge in [-0.2, -0.15) is 0 Å². The van der Waals surface area contributed by atoms with Crippen molar-refractivity contribution in [2.45, 2.75) is 25.7 Å². The molecule has 0 aromatic heterocycles. The molecule has 3 heteroatoms. The smallest absolute Gasteiger partial charge is 0.310 e. The highest BCUT2D eigenvalue weighted by atomic mass is 16.5. The largest absolute Gasteiger partial charge is 0.469 e. The first kappa shape index (κ1) is 9.97. The van der Waals surface area contributed by atoms with Crippen molar-refractivity contribution in [3.63, 3.8) is 0 Å². The van der Waals surface area contributed by atoms with Gasteiger partial charge in [-0.3, -0.25) is 4.79 Å². The van der Waals surface area contributed by atoms with E-state index in [1.807, 2.05) is 0 Å². The van der Waals surface area contributed by atoms with Crippen LogP contribution in [0.25, 0.3) is 0 Å². The summed E-state index contributed by atoms with van der Waals surface area (Å²) in [5.74, 6) is 1.55. The van der Waals surface area contributed by atoms with Crippen LogP contribution in [0, 0.1) is 17.8 Å². The van der Waals surface area contributed by atoms with E-state index in [9.17, 15) is 4.79 Å². The maximum Gasteiger partial charge on any atom is 0.310 e. The summed E-state index contributed by atoms with van der Waals surface area (Å²) in [6.07, 6.45) is 5.12. The third kappa shape index (κ3) is 2.27. The average Bonchev–Trinajstić information content (AvgIpc) is 3.01. The molecular weight excluding hydrogens is 178 g/mol. The molecule has 0 aromatic carbocycles. The summed E-state index contributed by atoms with van der Waals surface area (Å²) in [6, 6.07) is 0. The molecule has 1 aliphatic carbocycles. The first-order valence-electron chi connectivity index (χ1n) is 5.60. The van der Waals surface area contributed by atoms with Crippen molar-refractivity contribution in [1.29, 1.82) is 0 Å². The summed E-state index contributed by atoms with van der Waals surface area (Å²) in [4.78, 5) is 11.5. The molecule has 80 valence electrons. The van der Waals surface area contributed by atoms with Crippen LogP contribution < -0.4 is 5.32 Å². The van der Waals surface area contributed by atoms with Crippen molar-refractivity contribution in [1.82, 2.24) is 5.32 Å². The first-order valence-corrected chi connectivity index (χ1v) is 5.60. The van der Waals surface area contributed by atoms with Crippen LogP contribution in [0.2, 0.25) is 0 Å².